The summed E-state index contributed by atoms with van der Waals surface area (Å²) >= 11 is 8.94. The average molecular weight is 511 g/mol. The number of halogens is 4. The van der Waals surface area contributed by atoms with Crippen LogP contribution in [0.5, 0.6) is 0 Å². The molecule has 0 aromatic heterocycles. The van der Waals surface area contributed by atoms with Gasteiger partial charge >= 0.3 is 0 Å². The molecule has 3 rings (SSSR count). The van der Waals surface area contributed by atoms with E-state index in [1.165, 1.54) is 24.1 Å². The molecule has 0 aliphatic carbocycles. The third kappa shape index (κ3) is 7.34. The van der Waals surface area contributed by atoms with E-state index in [2.05, 4.69) is 4.72 Å². The summed E-state index contributed by atoms with van der Waals surface area (Å²) in [5.74, 6) is -0.400. The van der Waals surface area contributed by atoms with Gasteiger partial charge in [-0.2, -0.15) is 0 Å². The first kappa shape index (κ1) is 25.8. The van der Waals surface area contributed by atoms with E-state index in [1.807, 2.05) is 26.1 Å². The Labute approximate surface area is 207 Å². The SMILES string of the molecule is CNSCCCCc1cc(F)ccc1C(C)N(Sc1ccc(Cl)cc1)c1cc(F)ccc1F. The first-order chi connectivity index (χ1) is 15.9. The monoisotopic (exact) mass is 510 g/mol. The Balaban J connectivity index is 1.94. The number of unbranched alkanes of at least 4 members (excludes halogenated alkanes) is 1. The zero-order chi connectivity index (χ0) is 23.8. The van der Waals surface area contributed by atoms with E-state index in [0.717, 1.165) is 46.7 Å². The number of aryl methyl sites for hydroxylation is 1. The fourth-order valence-corrected chi connectivity index (χ4v) is 5.19. The van der Waals surface area contributed by atoms with Gasteiger partial charge in [0.05, 0.1) is 11.7 Å². The fourth-order valence-electron chi connectivity index (χ4n) is 3.52. The highest BCUT2D eigenvalue weighted by molar-refractivity contribution is 8.00. The van der Waals surface area contributed by atoms with Gasteiger partial charge in [0.2, 0.25) is 0 Å². The normalized spacial score (nSPS) is 12.1. The van der Waals surface area contributed by atoms with Crippen molar-refractivity contribution < 1.29 is 13.2 Å². The molecule has 0 aliphatic rings. The predicted octanol–water partition coefficient (Wildman–Crippen LogP) is 8.22. The van der Waals surface area contributed by atoms with Crippen LogP contribution in [-0.2, 0) is 6.42 Å². The van der Waals surface area contributed by atoms with Gasteiger partial charge in [-0.3, -0.25) is 4.72 Å². The third-order valence-electron chi connectivity index (χ3n) is 5.16. The molecule has 8 heteroatoms. The Morgan fingerprint density at radius 3 is 2.36 bits per heavy atom. The lowest BCUT2D eigenvalue weighted by Crippen LogP contribution is -2.22. The maximum Gasteiger partial charge on any atom is 0.147 e. The van der Waals surface area contributed by atoms with Crippen LogP contribution in [0.3, 0.4) is 0 Å². The molecule has 0 radical (unpaired) electrons. The average Bonchev–Trinajstić information content (AvgIpc) is 2.80. The van der Waals surface area contributed by atoms with E-state index in [1.54, 1.807) is 40.5 Å². The molecule has 0 aliphatic heterocycles. The second kappa shape index (κ2) is 12.6. The first-order valence-corrected chi connectivity index (χ1v) is 12.8. The maximum atomic E-state index is 14.8. The van der Waals surface area contributed by atoms with E-state index < -0.39 is 11.6 Å². The van der Waals surface area contributed by atoms with E-state index in [4.69, 9.17) is 11.6 Å². The highest BCUT2D eigenvalue weighted by Crippen LogP contribution is 2.40. The number of anilines is 1. The van der Waals surface area contributed by atoms with E-state index >= 15 is 0 Å². The van der Waals surface area contributed by atoms with Gasteiger partial charge in [-0.1, -0.05) is 29.6 Å². The Hall–Kier alpha value is -1.80. The quantitative estimate of drug-likeness (QED) is 0.206. The van der Waals surface area contributed by atoms with Crippen LogP contribution in [0, 0.1) is 17.5 Å². The molecule has 1 unspecified atom stereocenters. The third-order valence-corrected chi connectivity index (χ3v) is 7.38. The molecule has 3 aromatic rings. The minimum absolute atomic E-state index is 0.128. The number of nitrogens with zero attached hydrogens (tertiary/aromatic N) is 1. The van der Waals surface area contributed by atoms with Crippen molar-refractivity contribution in [2.75, 3.05) is 17.1 Å². The number of rotatable bonds is 11. The van der Waals surface area contributed by atoms with Crippen LogP contribution in [0.1, 0.15) is 36.9 Å². The summed E-state index contributed by atoms with van der Waals surface area (Å²) in [6.45, 7) is 1.92. The predicted molar refractivity (Wildman–Crippen MR) is 135 cm³/mol. The lowest BCUT2D eigenvalue weighted by Gasteiger charge is -2.32. The Morgan fingerprint density at radius 1 is 0.939 bits per heavy atom. The van der Waals surface area contributed by atoms with Crippen molar-refractivity contribution in [3.05, 3.63) is 94.3 Å². The van der Waals surface area contributed by atoms with Crippen LogP contribution >= 0.6 is 35.5 Å². The molecule has 0 saturated heterocycles. The van der Waals surface area contributed by atoms with Crippen molar-refractivity contribution in [1.29, 1.82) is 0 Å². The number of nitrogens with one attached hydrogen (secondary N) is 1. The van der Waals surface area contributed by atoms with Gasteiger partial charge < -0.3 is 4.31 Å². The van der Waals surface area contributed by atoms with Crippen LogP contribution in [-0.4, -0.2) is 12.8 Å². The summed E-state index contributed by atoms with van der Waals surface area (Å²) in [5.41, 5.74) is 1.88. The minimum atomic E-state index is -0.530. The van der Waals surface area contributed by atoms with Crippen LogP contribution in [0.2, 0.25) is 5.02 Å². The lowest BCUT2D eigenvalue weighted by atomic mass is 9.97. The van der Waals surface area contributed by atoms with Crippen molar-refractivity contribution >= 4 is 41.2 Å². The van der Waals surface area contributed by atoms with Gasteiger partial charge in [-0.05, 0) is 105 Å². The largest absolute Gasteiger partial charge is 0.302 e. The Morgan fingerprint density at radius 2 is 1.64 bits per heavy atom. The molecule has 0 amide bonds. The first-order valence-electron chi connectivity index (χ1n) is 10.6. The van der Waals surface area contributed by atoms with E-state index in [0.29, 0.717) is 11.4 Å². The molecule has 1 N–H and O–H groups in total. The summed E-state index contributed by atoms with van der Waals surface area (Å²) < 4.78 is 47.8. The van der Waals surface area contributed by atoms with Crippen molar-refractivity contribution in [3.63, 3.8) is 0 Å². The van der Waals surface area contributed by atoms with E-state index in [9.17, 15) is 13.2 Å². The molecule has 1 atom stereocenters. The topological polar surface area (TPSA) is 15.3 Å². The van der Waals surface area contributed by atoms with Gasteiger partial charge in [0.15, 0.2) is 0 Å². The van der Waals surface area contributed by atoms with Gasteiger partial charge in [0, 0.05) is 21.7 Å². The number of benzene rings is 3. The molecule has 0 saturated carbocycles. The van der Waals surface area contributed by atoms with Crippen LogP contribution in [0.15, 0.2) is 65.6 Å². The molecular weight excluding hydrogens is 485 g/mol. The van der Waals surface area contributed by atoms with Crippen LogP contribution in [0.25, 0.3) is 0 Å². The molecule has 0 spiro atoms. The standard InChI is InChI=1S/C25H26ClF3N2S2/c1-17(23-12-8-20(27)15-18(23)5-3-4-14-32-30-2)31(25-16-21(28)9-13-24(25)29)33-22-10-6-19(26)7-11-22/h6-13,15-17,30H,3-5,14H2,1-2H3. The summed E-state index contributed by atoms with van der Waals surface area (Å²) in [6.07, 6.45) is 2.58. The number of hydrogen-bond acceptors (Lipinski definition) is 4. The van der Waals surface area contributed by atoms with Crippen molar-refractivity contribution in [1.82, 2.24) is 4.72 Å². The van der Waals surface area contributed by atoms with Crippen molar-refractivity contribution in [2.24, 2.45) is 0 Å². The van der Waals surface area contributed by atoms with E-state index in [-0.39, 0.29) is 17.5 Å². The Bertz CT molecular complexity index is 1050. The molecule has 176 valence electrons. The van der Waals surface area contributed by atoms with Gasteiger partial charge in [0.25, 0.3) is 0 Å². The summed E-state index contributed by atoms with van der Waals surface area (Å²) in [6, 6.07) is 14.9. The molecule has 0 fully saturated rings. The van der Waals surface area contributed by atoms with Gasteiger partial charge in [-0.15, -0.1) is 0 Å². The highest BCUT2D eigenvalue weighted by Gasteiger charge is 2.24. The summed E-state index contributed by atoms with van der Waals surface area (Å²) in [7, 11) is 1.88. The highest BCUT2D eigenvalue weighted by atomic mass is 35.5. The molecule has 3 aromatic carbocycles. The van der Waals surface area contributed by atoms with Crippen LogP contribution < -0.4 is 9.03 Å². The smallest absolute Gasteiger partial charge is 0.147 e. The van der Waals surface area contributed by atoms with Gasteiger partial charge in [-0.25, -0.2) is 13.2 Å². The van der Waals surface area contributed by atoms with Crippen molar-refractivity contribution in [2.45, 2.75) is 37.1 Å². The summed E-state index contributed by atoms with van der Waals surface area (Å²) in [5, 5.41) is 0.591. The molecule has 2 nitrogen and oxygen atoms in total. The van der Waals surface area contributed by atoms with Gasteiger partial charge in [0.1, 0.15) is 17.5 Å². The summed E-state index contributed by atoms with van der Waals surface area (Å²) in [4.78, 5) is 0.822. The molecule has 0 bridgehead atoms. The second-order valence-corrected chi connectivity index (χ2v) is 10.1. The number of hydrogen-bond donors (Lipinski definition) is 1. The molecular formula is C25H26ClF3N2S2. The second-order valence-electron chi connectivity index (χ2n) is 7.50. The molecule has 0 heterocycles. The van der Waals surface area contributed by atoms with Crippen LogP contribution in [0.4, 0.5) is 18.9 Å². The zero-order valence-corrected chi connectivity index (χ0v) is 20.8. The molecule has 33 heavy (non-hydrogen) atoms. The fraction of sp³-hybridized carbons (Fsp3) is 0.280. The maximum absolute atomic E-state index is 14.8. The minimum Gasteiger partial charge on any atom is -0.302 e. The lowest BCUT2D eigenvalue weighted by molar-refractivity contribution is 0.595. The Kier molecular flexibility index (Phi) is 9.86. The van der Waals surface area contributed by atoms with Crippen molar-refractivity contribution in [3.8, 4) is 0 Å². The zero-order valence-electron chi connectivity index (χ0n) is 18.5.